The van der Waals surface area contributed by atoms with Crippen molar-refractivity contribution in [2.75, 3.05) is 17.2 Å². The van der Waals surface area contributed by atoms with Crippen LogP contribution in [0.3, 0.4) is 0 Å². The van der Waals surface area contributed by atoms with Crippen LogP contribution in [0.4, 0.5) is 16.2 Å². The Hall–Kier alpha value is -3.15. The number of fused-ring (bicyclic) bond motifs is 1. The number of ketones is 1. The highest BCUT2D eigenvalue weighted by atomic mass is 16.5. The Morgan fingerprint density at radius 1 is 0.893 bits per heavy atom. The maximum absolute atomic E-state index is 12.4. The molecule has 2 amide bonds. The van der Waals surface area contributed by atoms with Crippen LogP contribution < -0.4 is 10.6 Å². The van der Waals surface area contributed by atoms with Gasteiger partial charge in [0.25, 0.3) is 0 Å². The molecule has 0 saturated heterocycles. The lowest BCUT2D eigenvalue weighted by Crippen LogP contribution is -2.14. The lowest BCUT2D eigenvalue weighted by molar-refractivity contribution is -0.116. The zero-order chi connectivity index (χ0) is 19.9. The molecule has 1 aliphatic rings. The fourth-order valence-electron chi connectivity index (χ4n) is 3.26. The number of benzene rings is 2. The van der Waals surface area contributed by atoms with Crippen molar-refractivity contribution in [3.05, 3.63) is 59.2 Å². The average Bonchev–Trinajstić information content (AvgIpc) is 3.15. The van der Waals surface area contributed by atoms with Crippen LogP contribution >= 0.6 is 0 Å². The molecule has 6 nitrogen and oxygen atoms in total. The number of Topliss-reactive ketones (excluding diaryl/α,β-unsaturated/α-hetero) is 1. The van der Waals surface area contributed by atoms with E-state index in [9.17, 15) is 14.4 Å². The van der Waals surface area contributed by atoms with E-state index in [1.54, 1.807) is 31.2 Å². The van der Waals surface area contributed by atoms with Crippen molar-refractivity contribution >= 4 is 29.2 Å². The maximum atomic E-state index is 12.4. The third kappa shape index (κ3) is 5.19. The predicted octanol–water partition coefficient (Wildman–Crippen LogP) is 4.35. The van der Waals surface area contributed by atoms with Gasteiger partial charge in [-0.25, -0.2) is 4.79 Å². The molecule has 0 radical (unpaired) electrons. The van der Waals surface area contributed by atoms with Crippen molar-refractivity contribution in [1.29, 1.82) is 0 Å². The highest BCUT2D eigenvalue weighted by Gasteiger charge is 2.15. The molecular weight excluding hydrogens is 356 g/mol. The third-order valence-corrected chi connectivity index (χ3v) is 4.69. The van der Waals surface area contributed by atoms with E-state index in [-0.39, 0.29) is 24.5 Å². The van der Waals surface area contributed by atoms with E-state index >= 15 is 0 Å². The maximum Gasteiger partial charge on any atom is 0.411 e. The SMILES string of the molecule is CCOC(=O)Nc1ccc(NC(=O)CCC(=O)c2ccc3c(c2)CCC3)cc1. The quantitative estimate of drug-likeness (QED) is 0.700. The fraction of sp³-hybridized carbons (Fsp3) is 0.318. The molecule has 0 spiro atoms. The Balaban J connectivity index is 1.47. The number of hydrogen-bond donors (Lipinski definition) is 2. The molecule has 28 heavy (non-hydrogen) atoms. The van der Waals surface area contributed by atoms with Crippen LogP contribution in [-0.2, 0) is 22.4 Å². The van der Waals surface area contributed by atoms with Gasteiger partial charge in [-0.3, -0.25) is 14.9 Å². The summed E-state index contributed by atoms with van der Waals surface area (Å²) in [5.41, 5.74) is 4.44. The summed E-state index contributed by atoms with van der Waals surface area (Å²) in [6, 6.07) is 12.6. The van der Waals surface area contributed by atoms with Gasteiger partial charge in [-0.1, -0.05) is 12.1 Å². The molecule has 2 aromatic carbocycles. The van der Waals surface area contributed by atoms with Crippen LogP contribution in [0, 0.1) is 0 Å². The second kappa shape index (κ2) is 9.17. The Morgan fingerprint density at radius 2 is 1.57 bits per heavy atom. The van der Waals surface area contributed by atoms with Gasteiger partial charge in [0.2, 0.25) is 5.91 Å². The summed E-state index contributed by atoms with van der Waals surface area (Å²) >= 11 is 0. The van der Waals surface area contributed by atoms with Crippen LogP contribution in [0.5, 0.6) is 0 Å². The zero-order valence-corrected chi connectivity index (χ0v) is 15.9. The van der Waals surface area contributed by atoms with Crippen molar-refractivity contribution in [2.24, 2.45) is 0 Å². The summed E-state index contributed by atoms with van der Waals surface area (Å²) in [5, 5.41) is 5.34. The minimum absolute atomic E-state index is 0.0150. The van der Waals surface area contributed by atoms with Crippen molar-refractivity contribution in [1.82, 2.24) is 0 Å². The van der Waals surface area contributed by atoms with E-state index in [1.165, 1.54) is 11.1 Å². The number of carbonyl (C=O) groups is 3. The first-order valence-corrected chi connectivity index (χ1v) is 9.54. The summed E-state index contributed by atoms with van der Waals surface area (Å²) in [7, 11) is 0. The zero-order valence-electron chi connectivity index (χ0n) is 15.9. The number of carbonyl (C=O) groups excluding carboxylic acids is 3. The Morgan fingerprint density at radius 3 is 2.29 bits per heavy atom. The highest BCUT2D eigenvalue weighted by molar-refractivity contribution is 6.00. The van der Waals surface area contributed by atoms with Gasteiger partial charge >= 0.3 is 6.09 Å². The molecule has 0 heterocycles. The molecule has 2 N–H and O–H groups in total. The predicted molar refractivity (Wildman–Crippen MR) is 108 cm³/mol. The number of nitrogens with one attached hydrogen (secondary N) is 2. The number of amides is 2. The second-order valence-electron chi connectivity index (χ2n) is 6.73. The molecule has 0 bridgehead atoms. The van der Waals surface area contributed by atoms with E-state index in [1.807, 2.05) is 18.2 Å². The molecule has 1 aliphatic carbocycles. The van der Waals surface area contributed by atoms with Gasteiger partial charge in [-0.2, -0.15) is 0 Å². The van der Waals surface area contributed by atoms with E-state index in [4.69, 9.17) is 4.74 Å². The smallest absolute Gasteiger partial charge is 0.411 e. The molecular formula is C22H24N2O4. The topological polar surface area (TPSA) is 84.5 Å². The lowest BCUT2D eigenvalue weighted by atomic mass is 10.0. The van der Waals surface area contributed by atoms with Crippen LogP contribution in [0.15, 0.2) is 42.5 Å². The Labute approximate surface area is 164 Å². The summed E-state index contributed by atoms with van der Waals surface area (Å²) in [6.45, 7) is 2.03. The third-order valence-electron chi connectivity index (χ3n) is 4.69. The molecule has 146 valence electrons. The highest BCUT2D eigenvalue weighted by Crippen LogP contribution is 2.23. The number of ether oxygens (including phenoxy) is 1. The standard InChI is InChI=1S/C22H24N2O4/c1-2-28-22(27)24-19-10-8-18(9-11-19)23-21(26)13-12-20(25)17-7-6-15-4-3-5-16(15)14-17/h6-11,14H,2-5,12-13H2,1H3,(H,23,26)(H,24,27). The van der Waals surface area contributed by atoms with Gasteiger partial charge in [-0.15, -0.1) is 0 Å². The van der Waals surface area contributed by atoms with Crippen LogP contribution in [0.25, 0.3) is 0 Å². The molecule has 0 fully saturated rings. The summed E-state index contributed by atoms with van der Waals surface area (Å²) in [4.78, 5) is 35.9. The van der Waals surface area contributed by atoms with Gasteiger partial charge < -0.3 is 10.1 Å². The van der Waals surface area contributed by atoms with Crippen molar-refractivity contribution in [3.8, 4) is 0 Å². The minimum atomic E-state index is -0.524. The van der Waals surface area contributed by atoms with E-state index in [0.717, 1.165) is 19.3 Å². The van der Waals surface area contributed by atoms with Gasteiger partial charge in [0, 0.05) is 29.8 Å². The van der Waals surface area contributed by atoms with E-state index < -0.39 is 6.09 Å². The summed E-state index contributed by atoms with van der Waals surface area (Å²) in [5.74, 6) is -0.237. The van der Waals surface area contributed by atoms with Gasteiger partial charge in [0.05, 0.1) is 6.61 Å². The number of hydrogen-bond acceptors (Lipinski definition) is 4. The van der Waals surface area contributed by atoms with Crippen LogP contribution in [0.2, 0.25) is 0 Å². The largest absolute Gasteiger partial charge is 0.450 e. The molecule has 6 heteroatoms. The molecule has 3 rings (SSSR count). The van der Waals surface area contributed by atoms with E-state index in [2.05, 4.69) is 10.6 Å². The molecule has 0 saturated carbocycles. The normalized spacial score (nSPS) is 12.2. The summed E-state index contributed by atoms with van der Waals surface area (Å²) < 4.78 is 4.80. The minimum Gasteiger partial charge on any atom is -0.450 e. The average molecular weight is 380 g/mol. The molecule has 0 aliphatic heterocycles. The number of anilines is 2. The first kappa shape index (κ1) is 19.6. The van der Waals surface area contributed by atoms with Gasteiger partial charge in [0.15, 0.2) is 5.78 Å². The molecule has 0 aromatic heterocycles. The number of aryl methyl sites for hydroxylation is 2. The monoisotopic (exact) mass is 380 g/mol. The lowest BCUT2D eigenvalue weighted by Gasteiger charge is -2.08. The molecule has 0 atom stereocenters. The van der Waals surface area contributed by atoms with Crippen LogP contribution in [-0.4, -0.2) is 24.4 Å². The molecule has 0 unspecified atom stereocenters. The first-order valence-electron chi connectivity index (χ1n) is 9.54. The first-order chi connectivity index (χ1) is 13.5. The van der Waals surface area contributed by atoms with Crippen molar-refractivity contribution < 1.29 is 19.1 Å². The van der Waals surface area contributed by atoms with Crippen LogP contribution in [0.1, 0.15) is 47.7 Å². The van der Waals surface area contributed by atoms with Gasteiger partial charge in [0.1, 0.15) is 0 Å². The Kier molecular flexibility index (Phi) is 6.42. The van der Waals surface area contributed by atoms with Crippen molar-refractivity contribution in [3.63, 3.8) is 0 Å². The summed E-state index contributed by atoms with van der Waals surface area (Å²) in [6.07, 6.45) is 3.03. The Bertz CT molecular complexity index is 875. The number of rotatable bonds is 7. The fourth-order valence-corrected chi connectivity index (χ4v) is 3.26. The van der Waals surface area contributed by atoms with Gasteiger partial charge in [-0.05, 0) is 67.6 Å². The second-order valence-corrected chi connectivity index (χ2v) is 6.73. The van der Waals surface area contributed by atoms with Crippen molar-refractivity contribution in [2.45, 2.75) is 39.0 Å². The molecule has 2 aromatic rings. The van der Waals surface area contributed by atoms with E-state index in [0.29, 0.717) is 23.5 Å².